The van der Waals surface area contributed by atoms with Crippen molar-refractivity contribution < 1.29 is 19.4 Å². The lowest BCUT2D eigenvalue weighted by atomic mass is 10.2. The molecule has 0 saturated carbocycles. The minimum Gasteiger partial charge on any atom is -0.478 e. The number of carbonyl (C=O) groups is 2. The molecule has 116 valence electrons. The number of carbonyl (C=O) groups excluding carboxylic acids is 1. The van der Waals surface area contributed by atoms with Crippen LogP contribution >= 0.6 is 11.6 Å². The van der Waals surface area contributed by atoms with Gasteiger partial charge in [-0.3, -0.25) is 4.79 Å². The smallest absolute Gasteiger partial charge is 0.335 e. The maximum absolute atomic E-state index is 11.8. The number of nitrogens with one attached hydrogen (secondary N) is 2. The molecule has 1 amide bonds. The number of hydrogen-bond donors (Lipinski definition) is 3. The average Bonchev–Trinajstić information content (AvgIpc) is 2.45. The molecule has 1 atom stereocenters. The first kappa shape index (κ1) is 17.4. The number of amides is 1. The van der Waals surface area contributed by atoms with E-state index in [2.05, 4.69) is 10.6 Å². The third-order valence-electron chi connectivity index (χ3n) is 2.67. The lowest BCUT2D eigenvalue weighted by Gasteiger charge is -2.14. The van der Waals surface area contributed by atoms with E-state index in [0.717, 1.165) is 0 Å². The van der Waals surface area contributed by atoms with Crippen LogP contribution in [0.25, 0.3) is 0 Å². The van der Waals surface area contributed by atoms with Crippen LogP contribution in [0, 0.1) is 0 Å². The first-order chi connectivity index (χ1) is 9.93. The Morgan fingerprint density at radius 3 is 2.76 bits per heavy atom. The molecule has 1 aromatic carbocycles. The van der Waals surface area contributed by atoms with Crippen LogP contribution in [0.3, 0.4) is 0 Å². The standard InChI is InChI=1S/C14H19ClN2O4/c1-3-21-8-9(2)16-7-13(18)17-12-6-10(14(19)20)4-5-11(12)15/h4-6,9,16H,3,7-8H2,1-2H3,(H,17,18)(H,19,20). The van der Waals surface area contributed by atoms with Crippen LogP contribution in [0.4, 0.5) is 5.69 Å². The Labute approximate surface area is 128 Å². The molecular weight excluding hydrogens is 296 g/mol. The van der Waals surface area contributed by atoms with E-state index < -0.39 is 5.97 Å². The monoisotopic (exact) mass is 314 g/mol. The summed E-state index contributed by atoms with van der Waals surface area (Å²) in [6.45, 7) is 5.02. The third kappa shape index (κ3) is 6.12. The van der Waals surface area contributed by atoms with E-state index in [1.54, 1.807) is 0 Å². The number of anilines is 1. The molecule has 3 N–H and O–H groups in total. The fourth-order valence-corrected chi connectivity index (χ4v) is 1.73. The molecule has 1 aromatic rings. The Kier molecular flexibility index (Phi) is 7.14. The van der Waals surface area contributed by atoms with Crippen molar-refractivity contribution >= 4 is 29.2 Å². The second kappa shape index (κ2) is 8.61. The highest BCUT2D eigenvalue weighted by Crippen LogP contribution is 2.22. The topological polar surface area (TPSA) is 87.7 Å². The number of ether oxygens (including phenoxy) is 1. The molecule has 0 spiro atoms. The molecule has 0 saturated heterocycles. The van der Waals surface area contributed by atoms with Gasteiger partial charge in [0.15, 0.2) is 0 Å². The lowest BCUT2D eigenvalue weighted by Crippen LogP contribution is -2.37. The Bertz CT molecular complexity index is 508. The van der Waals surface area contributed by atoms with Gasteiger partial charge in [-0.25, -0.2) is 4.79 Å². The van der Waals surface area contributed by atoms with Crippen molar-refractivity contribution in [3.05, 3.63) is 28.8 Å². The summed E-state index contributed by atoms with van der Waals surface area (Å²) in [6, 6.07) is 4.18. The Morgan fingerprint density at radius 2 is 2.14 bits per heavy atom. The number of hydrogen-bond acceptors (Lipinski definition) is 4. The summed E-state index contributed by atoms with van der Waals surface area (Å²) in [5.41, 5.74) is 0.341. The molecule has 1 unspecified atom stereocenters. The second-order valence-corrected chi connectivity index (χ2v) is 4.90. The maximum atomic E-state index is 11.8. The van der Waals surface area contributed by atoms with E-state index in [9.17, 15) is 9.59 Å². The Morgan fingerprint density at radius 1 is 1.43 bits per heavy atom. The molecule has 0 radical (unpaired) electrons. The highest BCUT2D eigenvalue weighted by molar-refractivity contribution is 6.33. The summed E-state index contributed by atoms with van der Waals surface area (Å²) >= 11 is 5.93. The van der Waals surface area contributed by atoms with E-state index in [4.69, 9.17) is 21.4 Å². The summed E-state index contributed by atoms with van der Waals surface area (Å²) in [4.78, 5) is 22.7. The molecule has 0 aromatic heterocycles. The number of carboxylic acid groups (broad SMARTS) is 1. The van der Waals surface area contributed by atoms with Crippen LogP contribution in [0.15, 0.2) is 18.2 Å². The molecule has 0 aliphatic heterocycles. The van der Waals surface area contributed by atoms with Crippen LogP contribution in [0.1, 0.15) is 24.2 Å². The summed E-state index contributed by atoms with van der Waals surface area (Å²) in [5.74, 6) is -1.38. The Hall–Kier alpha value is -1.63. The second-order valence-electron chi connectivity index (χ2n) is 4.49. The SMILES string of the molecule is CCOCC(C)NCC(=O)Nc1cc(C(=O)O)ccc1Cl. The zero-order valence-electron chi connectivity index (χ0n) is 12.0. The summed E-state index contributed by atoms with van der Waals surface area (Å²) in [7, 11) is 0. The van der Waals surface area contributed by atoms with Crippen molar-refractivity contribution in [1.82, 2.24) is 5.32 Å². The number of aromatic carboxylic acids is 1. The van der Waals surface area contributed by atoms with Gasteiger partial charge in [-0.1, -0.05) is 11.6 Å². The first-order valence-electron chi connectivity index (χ1n) is 6.57. The van der Waals surface area contributed by atoms with Gasteiger partial charge in [0, 0.05) is 12.6 Å². The fraction of sp³-hybridized carbons (Fsp3) is 0.429. The zero-order valence-corrected chi connectivity index (χ0v) is 12.7. The molecule has 1 rings (SSSR count). The van der Waals surface area contributed by atoms with Crippen molar-refractivity contribution in [1.29, 1.82) is 0 Å². The van der Waals surface area contributed by atoms with E-state index in [0.29, 0.717) is 13.2 Å². The molecular formula is C14H19ClN2O4. The molecule has 21 heavy (non-hydrogen) atoms. The highest BCUT2D eigenvalue weighted by atomic mass is 35.5. The first-order valence-corrected chi connectivity index (χ1v) is 6.95. The third-order valence-corrected chi connectivity index (χ3v) is 3.00. The minimum absolute atomic E-state index is 0.0384. The largest absolute Gasteiger partial charge is 0.478 e. The van der Waals surface area contributed by atoms with Crippen LogP contribution < -0.4 is 10.6 Å². The predicted octanol–water partition coefficient (Wildman–Crippen LogP) is 1.99. The number of rotatable bonds is 8. The lowest BCUT2D eigenvalue weighted by molar-refractivity contribution is -0.115. The van der Waals surface area contributed by atoms with Gasteiger partial charge in [0.1, 0.15) is 0 Å². The predicted molar refractivity (Wildman–Crippen MR) is 81.0 cm³/mol. The van der Waals surface area contributed by atoms with Gasteiger partial charge in [0.2, 0.25) is 5.91 Å². The maximum Gasteiger partial charge on any atom is 0.335 e. The van der Waals surface area contributed by atoms with Crippen molar-refractivity contribution in [2.45, 2.75) is 19.9 Å². The van der Waals surface area contributed by atoms with Crippen LogP contribution in [-0.2, 0) is 9.53 Å². The summed E-state index contributed by atoms with van der Waals surface area (Å²) in [6.07, 6.45) is 0. The molecule has 6 nitrogen and oxygen atoms in total. The van der Waals surface area contributed by atoms with Gasteiger partial charge in [0.05, 0.1) is 29.4 Å². The molecule has 0 aliphatic rings. The molecule has 0 heterocycles. The summed E-state index contributed by atoms with van der Waals surface area (Å²) < 4.78 is 5.23. The number of halogens is 1. The van der Waals surface area contributed by atoms with E-state index in [-0.39, 0.29) is 34.8 Å². The van der Waals surface area contributed by atoms with Crippen molar-refractivity contribution in [3.63, 3.8) is 0 Å². The van der Waals surface area contributed by atoms with Crippen LogP contribution in [0.2, 0.25) is 5.02 Å². The van der Waals surface area contributed by atoms with Crippen molar-refractivity contribution in [2.24, 2.45) is 0 Å². The fourth-order valence-electron chi connectivity index (χ4n) is 1.57. The van der Waals surface area contributed by atoms with Gasteiger partial charge >= 0.3 is 5.97 Å². The molecule has 0 fully saturated rings. The van der Waals surface area contributed by atoms with Crippen LogP contribution in [-0.4, -0.2) is 42.8 Å². The minimum atomic E-state index is -1.08. The normalized spacial score (nSPS) is 12.0. The van der Waals surface area contributed by atoms with Gasteiger partial charge in [-0.15, -0.1) is 0 Å². The zero-order chi connectivity index (χ0) is 15.8. The quantitative estimate of drug-likeness (QED) is 0.683. The van der Waals surface area contributed by atoms with E-state index in [1.165, 1.54) is 18.2 Å². The highest BCUT2D eigenvalue weighted by Gasteiger charge is 2.11. The van der Waals surface area contributed by atoms with E-state index in [1.807, 2.05) is 13.8 Å². The van der Waals surface area contributed by atoms with Gasteiger partial charge < -0.3 is 20.5 Å². The van der Waals surface area contributed by atoms with Gasteiger partial charge in [-0.05, 0) is 32.0 Å². The number of benzene rings is 1. The number of carboxylic acids is 1. The summed E-state index contributed by atoms with van der Waals surface area (Å²) in [5, 5.41) is 14.8. The molecule has 0 aliphatic carbocycles. The van der Waals surface area contributed by atoms with Gasteiger partial charge in [-0.2, -0.15) is 0 Å². The van der Waals surface area contributed by atoms with Gasteiger partial charge in [0.25, 0.3) is 0 Å². The van der Waals surface area contributed by atoms with Crippen LogP contribution in [0.5, 0.6) is 0 Å². The van der Waals surface area contributed by atoms with Crippen molar-refractivity contribution in [2.75, 3.05) is 25.1 Å². The Balaban J connectivity index is 2.54. The molecule has 0 bridgehead atoms. The average molecular weight is 315 g/mol. The van der Waals surface area contributed by atoms with E-state index >= 15 is 0 Å². The molecule has 7 heteroatoms. The van der Waals surface area contributed by atoms with Crippen molar-refractivity contribution in [3.8, 4) is 0 Å².